The van der Waals surface area contributed by atoms with Crippen LogP contribution in [0.3, 0.4) is 0 Å². The number of nitrogens with zero attached hydrogens (tertiary/aromatic N) is 2. The van der Waals surface area contributed by atoms with Gasteiger partial charge in [0.1, 0.15) is 0 Å². The number of hydrogen-bond acceptors (Lipinski definition) is 5. The first-order valence-electron chi connectivity index (χ1n) is 9.90. The number of hydrogen-bond donors (Lipinski definition) is 2. The molecular formula is C19H28N4O5S. The van der Waals surface area contributed by atoms with Crippen molar-refractivity contribution < 1.29 is 22.7 Å². The number of anilines is 1. The topological polar surface area (TPSA) is 108 Å². The maximum Gasteiger partial charge on any atom is 0.317 e. The summed E-state index contributed by atoms with van der Waals surface area (Å²) >= 11 is 0. The van der Waals surface area contributed by atoms with Crippen LogP contribution in [0, 0.1) is 5.92 Å². The molecule has 2 N–H and O–H groups in total. The predicted molar refractivity (Wildman–Crippen MR) is 109 cm³/mol. The first-order chi connectivity index (χ1) is 14.0. The minimum absolute atomic E-state index is 0.0376. The molecule has 0 spiro atoms. The van der Waals surface area contributed by atoms with Gasteiger partial charge >= 0.3 is 6.03 Å². The number of amides is 3. The van der Waals surface area contributed by atoms with Gasteiger partial charge in [0.05, 0.1) is 24.9 Å². The summed E-state index contributed by atoms with van der Waals surface area (Å²) in [5, 5.41) is 5.55. The molecule has 2 saturated heterocycles. The van der Waals surface area contributed by atoms with Crippen molar-refractivity contribution in [1.29, 1.82) is 0 Å². The summed E-state index contributed by atoms with van der Waals surface area (Å²) < 4.78 is 31.2. The molecule has 1 aromatic carbocycles. The normalized spacial score (nSPS) is 20.8. The molecule has 0 saturated carbocycles. The SMILES string of the molecule is O=C(Nc1ccccc1)C1CCCN(C(=O)NCCS(=O)(=O)N2CCOCC2)C1. The van der Waals surface area contributed by atoms with Crippen LogP contribution >= 0.6 is 0 Å². The zero-order valence-electron chi connectivity index (χ0n) is 16.4. The fraction of sp³-hybridized carbons (Fsp3) is 0.579. The third-order valence-electron chi connectivity index (χ3n) is 5.12. The first kappa shape index (κ1) is 21.5. The van der Waals surface area contributed by atoms with Gasteiger partial charge in [-0.15, -0.1) is 0 Å². The van der Waals surface area contributed by atoms with Crippen molar-refractivity contribution in [2.45, 2.75) is 12.8 Å². The second-order valence-electron chi connectivity index (χ2n) is 7.20. The standard InChI is InChI=1S/C19H28N4O5S/c24-18(21-17-6-2-1-3-7-17)16-5-4-9-22(15-16)19(25)20-8-14-29(26,27)23-10-12-28-13-11-23/h1-3,6-7,16H,4-5,8-15H2,(H,20,25)(H,21,24). The van der Waals surface area contributed by atoms with E-state index in [1.54, 1.807) is 4.90 Å². The summed E-state index contributed by atoms with van der Waals surface area (Å²) in [4.78, 5) is 26.5. The van der Waals surface area contributed by atoms with Gasteiger partial charge in [0.25, 0.3) is 0 Å². The van der Waals surface area contributed by atoms with Gasteiger partial charge in [-0.1, -0.05) is 18.2 Å². The molecule has 9 nitrogen and oxygen atoms in total. The summed E-state index contributed by atoms with van der Waals surface area (Å²) in [5.41, 5.74) is 0.729. The Morgan fingerprint density at radius 3 is 2.55 bits per heavy atom. The summed E-state index contributed by atoms with van der Waals surface area (Å²) in [6, 6.07) is 8.88. The average molecular weight is 425 g/mol. The second kappa shape index (κ2) is 10.0. The Kier molecular flexibility index (Phi) is 7.45. The number of urea groups is 1. The van der Waals surface area contributed by atoms with Crippen molar-refractivity contribution in [2.24, 2.45) is 5.92 Å². The monoisotopic (exact) mass is 424 g/mol. The number of carbonyl (C=O) groups is 2. The largest absolute Gasteiger partial charge is 0.379 e. The molecular weight excluding hydrogens is 396 g/mol. The van der Waals surface area contributed by atoms with Crippen molar-refractivity contribution in [3.63, 3.8) is 0 Å². The first-order valence-corrected chi connectivity index (χ1v) is 11.5. The van der Waals surface area contributed by atoms with E-state index in [0.29, 0.717) is 45.8 Å². The lowest BCUT2D eigenvalue weighted by molar-refractivity contribution is -0.121. The number of rotatable bonds is 6. The fourth-order valence-corrected chi connectivity index (χ4v) is 4.82. The van der Waals surface area contributed by atoms with E-state index < -0.39 is 10.0 Å². The number of ether oxygens (including phenoxy) is 1. The molecule has 2 aliphatic heterocycles. The van der Waals surface area contributed by atoms with Crippen molar-refractivity contribution in [3.8, 4) is 0 Å². The molecule has 160 valence electrons. The highest BCUT2D eigenvalue weighted by atomic mass is 32.2. The van der Waals surface area contributed by atoms with Gasteiger partial charge in [-0.2, -0.15) is 4.31 Å². The maximum atomic E-state index is 12.5. The summed E-state index contributed by atoms with van der Waals surface area (Å²) in [5.74, 6) is -0.541. The zero-order chi connectivity index (χ0) is 20.7. The maximum absolute atomic E-state index is 12.5. The third kappa shape index (κ3) is 6.15. The highest BCUT2D eigenvalue weighted by Crippen LogP contribution is 2.19. The Labute approximate surface area is 171 Å². The van der Waals surface area contributed by atoms with Gasteiger partial charge in [0.15, 0.2) is 0 Å². The molecule has 1 aromatic rings. The fourth-order valence-electron chi connectivity index (χ4n) is 3.49. The molecule has 0 radical (unpaired) electrons. The lowest BCUT2D eigenvalue weighted by Gasteiger charge is -2.32. The Bertz CT molecular complexity index is 796. The van der Waals surface area contributed by atoms with Crippen LogP contribution < -0.4 is 10.6 Å². The molecule has 3 rings (SSSR count). The van der Waals surface area contributed by atoms with E-state index in [0.717, 1.165) is 12.1 Å². The lowest BCUT2D eigenvalue weighted by Crippen LogP contribution is -2.49. The van der Waals surface area contributed by atoms with E-state index in [2.05, 4.69) is 10.6 Å². The number of benzene rings is 1. The molecule has 2 heterocycles. The molecule has 2 aliphatic rings. The minimum Gasteiger partial charge on any atom is -0.379 e. The number of sulfonamides is 1. The quantitative estimate of drug-likeness (QED) is 0.699. The number of nitrogens with one attached hydrogen (secondary N) is 2. The molecule has 0 aliphatic carbocycles. The van der Waals surface area contributed by atoms with Crippen LogP contribution in [0.2, 0.25) is 0 Å². The highest BCUT2D eigenvalue weighted by Gasteiger charge is 2.29. The average Bonchev–Trinajstić information content (AvgIpc) is 2.75. The van der Waals surface area contributed by atoms with Gasteiger partial charge in [-0.05, 0) is 25.0 Å². The Balaban J connectivity index is 1.45. The molecule has 0 aromatic heterocycles. The number of piperidine rings is 1. The van der Waals surface area contributed by atoms with E-state index in [4.69, 9.17) is 4.74 Å². The van der Waals surface area contributed by atoms with E-state index in [1.807, 2.05) is 30.3 Å². The van der Waals surface area contributed by atoms with Gasteiger partial charge in [-0.3, -0.25) is 4.79 Å². The van der Waals surface area contributed by atoms with Gasteiger partial charge in [0.2, 0.25) is 15.9 Å². The Morgan fingerprint density at radius 1 is 1.10 bits per heavy atom. The van der Waals surface area contributed by atoms with E-state index in [1.165, 1.54) is 4.31 Å². The number of para-hydroxylation sites is 1. The smallest absolute Gasteiger partial charge is 0.317 e. The Hall–Kier alpha value is -2.17. The van der Waals surface area contributed by atoms with Gasteiger partial charge in [0, 0.05) is 38.4 Å². The van der Waals surface area contributed by atoms with Crippen LogP contribution in [0.15, 0.2) is 30.3 Å². The van der Waals surface area contributed by atoms with E-state index in [-0.39, 0.29) is 30.2 Å². The summed E-state index contributed by atoms with van der Waals surface area (Å²) in [6.07, 6.45) is 1.44. The van der Waals surface area contributed by atoms with E-state index >= 15 is 0 Å². The zero-order valence-corrected chi connectivity index (χ0v) is 17.2. The number of likely N-dealkylation sites (tertiary alicyclic amines) is 1. The molecule has 1 atom stereocenters. The second-order valence-corrected chi connectivity index (χ2v) is 9.29. The number of carbonyl (C=O) groups excluding carboxylic acids is 2. The van der Waals surface area contributed by atoms with Crippen molar-refractivity contribution in [2.75, 3.05) is 57.0 Å². The van der Waals surface area contributed by atoms with Crippen LogP contribution in [-0.2, 0) is 19.6 Å². The van der Waals surface area contributed by atoms with Crippen molar-refractivity contribution >= 4 is 27.6 Å². The number of morpholine rings is 1. The van der Waals surface area contributed by atoms with Crippen LogP contribution in [0.4, 0.5) is 10.5 Å². The molecule has 2 fully saturated rings. The van der Waals surface area contributed by atoms with Crippen LogP contribution in [0.1, 0.15) is 12.8 Å². The third-order valence-corrected chi connectivity index (χ3v) is 6.99. The molecule has 10 heteroatoms. The van der Waals surface area contributed by atoms with E-state index in [9.17, 15) is 18.0 Å². The summed E-state index contributed by atoms with van der Waals surface area (Å²) in [7, 11) is -3.41. The lowest BCUT2D eigenvalue weighted by atomic mass is 9.97. The predicted octanol–water partition coefficient (Wildman–Crippen LogP) is 0.709. The van der Waals surface area contributed by atoms with Gasteiger partial charge < -0.3 is 20.3 Å². The highest BCUT2D eigenvalue weighted by molar-refractivity contribution is 7.89. The molecule has 3 amide bonds. The van der Waals surface area contributed by atoms with Crippen molar-refractivity contribution in [1.82, 2.24) is 14.5 Å². The van der Waals surface area contributed by atoms with Crippen LogP contribution in [-0.4, -0.2) is 81.3 Å². The Morgan fingerprint density at radius 2 is 1.83 bits per heavy atom. The van der Waals surface area contributed by atoms with Crippen LogP contribution in [0.5, 0.6) is 0 Å². The molecule has 29 heavy (non-hydrogen) atoms. The molecule has 1 unspecified atom stereocenters. The molecule has 0 bridgehead atoms. The minimum atomic E-state index is -3.41. The van der Waals surface area contributed by atoms with Crippen molar-refractivity contribution in [3.05, 3.63) is 30.3 Å². The van der Waals surface area contributed by atoms with Gasteiger partial charge in [-0.25, -0.2) is 13.2 Å². The van der Waals surface area contributed by atoms with Crippen LogP contribution in [0.25, 0.3) is 0 Å². The summed E-state index contributed by atoms with van der Waals surface area (Å²) in [6.45, 7) is 2.40.